The number of rotatable bonds is 10. The van der Waals surface area contributed by atoms with Gasteiger partial charge in [-0.2, -0.15) is 0 Å². The van der Waals surface area contributed by atoms with Gasteiger partial charge in [0.2, 0.25) is 0 Å². The Labute approximate surface area is 197 Å². The average Bonchev–Trinajstić information content (AvgIpc) is 2.81. The molecule has 3 aromatic carbocycles. The van der Waals surface area contributed by atoms with Gasteiger partial charge in [-0.05, 0) is 85.4 Å². The van der Waals surface area contributed by atoms with Crippen molar-refractivity contribution in [3.8, 4) is 22.3 Å². The van der Waals surface area contributed by atoms with Crippen LogP contribution in [-0.2, 0) is 22.4 Å². The number of carbonyl (C=O) groups excluding carboxylic acids is 1. The van der Waals surface area contributed by atoms with Crippen molar-refractivity contribution in [2.75, 3.05) is 13.2 Å². The quantitative estimate of drug-likeness (QED) is 0.218. The normalized spacial score (nSPS) is 10.8. The van der Waals surface area contributed by atoms with Crippen molar-refractivity contribution in [2.45, 2.75) is 46.5 Å². The molecule has 3 heteroatoms. The third-order valence-electron chi connectivity index (χ3n) is 5.87. The Bertz CT molecular complexity index is 1110. The fourth-order valence-electron chi connectivity index (χ4n) is 4.00. The van der Waals surface area contributed by atoms with E-state index in [0.29, 0.717) is 12.2 Å². The van der Waals surface area contributed by atoms with Gasteiger partial charge in [0.1, 0.15) is 0 Å². The molecule has 0 saturated carbocycles. The minimum Gasteiger partial charge on any atom is -0.462 e. The van der Waals surface area contributed by atoms with Crippen LogP contribution in [0.15, 0.2) is 72.8 Å². The Morgan fingerprint density at radius 1 is 0.879 bits per heavy atom. The second-order valence-electron chi connectivity index (χ2n) is 8.73. The first-order chi connectivity index (χ1) is 15.9. The monoisotopic (exact) mass is 442 g/mol. The maximum Gasteiger partial charge on any atom is 0.333 e. The summed E-state index contributed by atoms with van der Waals surface area (Å²) < 4.78 is 5.29. The first-order valence-corrected chi connectivity index (χ1v) is 11.6. The molecule has 0 aromatic heterocycles. The van der Waals surface area contributed by atoms with Crippen LogP contribution in [0, 0.1) is 13.8 Å². The van der Waals surface area contributed by atoms with Gasteiger partial charge in [-0.3, -0.25) is 0 Å². The van der Waals surface area contributed by atoms with Crippen molar-refractivity contribution in [3.05, 3.63) is 95.1 Å². The van der Waals surface area contributed by atoms with Gasteiger partial charge in [0.05, 0.1) is 6.61 Å². The highest BCUT2D eigenvalue weighted by molar-refractivity contribution is 5.86. The molecule has 3 nitrogen and oxygen atoms in total. The molecular weight excluding hydrogens is 408 g/mol. The van der Waals surface area contributed by atoms with Crippen LogP contribution in [0.4, 0.5) is 0 Å². The molecule has 0 amide bonds. The predicted octanol–water partition coefficient (Wildman–Crippen LogP) is 6.61. The van der Waals surface area contributed by atoms with Gasteiger partial charge in [-0.15, -0.1) is 0 Å². The van der Waals surface area contributed by atoms with Crippen LogP contribution < -0.4 is 0 Å². The van der Waals surface area contributed by atoms with E-state index in [1.165, 1.54) is 44.5 Å². The van der Waals surface area contributed by atoms with E-state index in [1.807, 2.05) is 0 Å². The summed E-state index contributed by atoms with van der Waals surface area (Å²) in [4.78, 5) is 11.7. The lowest BCUT2D eigenvalue weighted by Gasteiger charge is -2.16. The van der Waals surface area contributed by atoms with Crippen molar-refractivity contribution >= 4 is 5.97 Å². The first-order valence-electron chi connectivity index (χ1n) is 11.6. The van der Waals surface area contributed by atoms with Gasteiger partial charge in [0.25, 0.3) is 0 Å². The molecule has 3 rings (SSSR count). The smallest absolute Gasteiger partial charge is 0.333 e. The van der Waals surface area contributed by atoms with Crippen LogP contribution in [0.25, 0.3) is 22.3 Å². The molecule has 3 aromatic rings. The van der Waals surface area contributed by atoms with E-state index in [4.69, 9.17) is 4.74 Å². The maximum absolute atomic E-state index is 11.7. The van der Waals surface area contributed by atoms with E-state index in [2.05, 4.69) is 81.1 Å². The Morgan fingerprint density at radius 2 is 1.58 bits per heavy atom. The van der Waals surface area contributed by atoms with Crippen molar-refractivity contribution in [2.24, 2.45) is 0 Å². The topological polar surface area (TPSA) is 46.5 Å². The minimum atomic E-state index is -0.338. The summed E-state index contributed by atoms with van der Waals surface area (Å²) in [5.74, 6) is -0.338. The number of hydrogen-bond donors (Lipinski definition) is 1. The summed E-state index contributed by atoms with van der Waals surface area (Å²) in [5.41, 5.74) is 10.2. The summed E-state index contributed by atoms with van der Waals surface area (Å²) in [6.45, 7) is 10.1. The zero-order valence-electron chi connectivity index (χ0n) is 20.0. The SMILES string of the molecule is C=C(C)C(=O)OCCCc1cc(CCCO)ccc1-c1ccc(-c2ccc(C)cc2)cc1C. The first kappa shape index (κ1) is 24.5. The van der Waals surface area contributed by atoms with E-state index in [0.717, 1.165) is 25.7 Å². The highest BCUT2D eigenvalue weighted by atomic mass is 16.5. The molecule has 33 heavy (non-hydrogen) atoms. The van der Waals surface area contributed by atoms with E-state index < -0.39 is 0 Å². The highest BCUT2D eigenvalue weighted by Crippen LogP contribution is 2.32. The molecule has 0 fully saturated rings. The number of benzene rings is 3. The zero-order valence-corrected chi connectivity index (χ0v) is 20.0. The fraction of sp³-hybridized carbons (Fsp3) is 0.300. The van der Waals surface area contributed by atoms with Crippen molar-refractivity contribution in [3.63, 3.8) is 0 Å². The molecule has 0 unspecified atom stereocenters. The molecule has 0 radical (unpaired) electrons. The lowest BCUT2D eigenvalue weighted by Crippen LogP contribution is -2.07. The van der Waals surface area contributed by atoms with E-state index in [9.17, 15) is 9.90 Å². The highest BCUT2D eigenvalue weighted by Gasteiger charge is 2.11. The number of esters is 1. The van der Waals surface area contributed by atoms with Crippen LogP contribution in [-0.4, -0.2) is 24.3 Å². The summed E-state index contributed by atoms with van der Waals surface area (Å²) in [6.07, 6.45) is 3.15. The summed E-state index contributed by atoms with van der Waals surface area (Å²) in [6, 6.07) is 21.8. The Kier molecular flexibility index (Phi) is 8.62. The summed E-state index contributed by atoms with van der Waals surface area (Å²) >= 11 is 0. The van der Waals surface area contributed by atoms with Crippen molar-refractivity contribution in [1.82, 2.24) is 0 Å². The number of aliphatic hydroxyl groups is 1. The predicted molar refractivity (Wildman–Crippen MR) is 136 cm³/mol. The summed E-state index contributed by atoms with van der Waals surface area (Å²) in [7, 11) is 0. The third-order valence-corrected chi connectivity index (χ3v) is 5.87. The molecule has 0 aliphatic rings. The standard InChI is InChI=1S/C30H34O3/c1-21(2)30(32)33-18-6-8-27-20-24(7-5-17-31)11-15-29(27)28-16-14-26(19-23(28)4)25-12-9-22(3)10-13-25/h9-16,19-20,31H,1,5-8,17-18H2,2-4H3. The van der Waals surface area contributed by atoms with Gasteiger partial charge < -0.3 is 9.84 Å². The molecule has 0 bridgehead atoms. The van der Waals surface area contributed by atoms with E-state index in [-0.39, 0.29) is 12.6 Å². The Hall–Kier alpha value is -3.17. The van der Waals surface area contributed by atoms with Crippen LogP contribution in [0.3, 0.4) is 0 Å². The Balaban J connectivity index is 1.86. The number of ether oxygens (including phenoxy) is 1. The van der Waals surface area contributed by atoms with Gasteiger partial charge in [-0.25, -0.2) is 4.79 Å². The summed E-state index contributed by atoms with van der Waals surface area (Å²) in [5, 5.41) is 9.22. The van der Waals surface area contributed by atoms with Gasteiger partial charge in [0, 0.05) is 12.2 Å². The molecule has 0 saturated heterocycles. The fourth-order valence-corrected chi connectivity index (χ4v) is 4.00. The molecule has 0 heterocycles. The number of carbonyl (C=O) groups is 1. The lowest BCUT2D eigenvalue weighted by atomic mass is 9.90. The molecule has 0 spiro atoms. The van der Waals surface area contributed by atoms with Crippen LogP contribution in [0.2, 0.25) is 0 Å². The third kappa shape index (κ3) is 6.66. The lowest BCUT2D eigenvalue weighted by molar-refractivity contribution is -0.139. The number of aryl methyl sites for hydroxylation is 4. The van der Waals surface area contributed by atoms with Crippen LogP contribution in [0.1, 0.15) is 42.0 Å². The number of hydrogen-bond acceptors (Lipinski definition) is 3. The maximum atomic E-state index is 11.7. The van der Waals surface area contributed by atoms with Gasteiger partial charge in [0.15, 0.2) is 0 Å². The molecule has 0 atom stereocenters. The second kappa shape index (κ2) is 11.6. The van der Waals surface area contributed by atoms with Crippen molar-refractivity contribution in [1.29, 1.82) is 0 Å². The molecule has 0 aliphatic heterocycles. The largest absolute Gasteiger partial charge is 0.462 e. The van der Waals surface area contributed by atoms with Crippen molar-refractivity contribution < 1.29 is 14.6 Å². The van der Waals surface area contributed by atoms with E-state index in [1.54, 1.807) is 6.92 Å². The minimum absolute atomic E-state index is 0.188. The molecule has 0 aliphatic carbocycles. The van der Waals surface area contributed by atoms with Crippen LogP contribution >= 0.6 is 0 Å². The molecular formula is C30H34O3. The molecule has 1 N–H and O–H groups in total. The van der Waals surface area contributed by atoms with Gasteiger partial charge >= 0.3 is 5.97 Å². The molecule has 172 valence electrons. The number of aliphatic hydroxyl groups excluding tert-OH is 1. The second-order valence-corrected chi connectivity index (χ2v) is 8.73. The zero-order chi connectivity index (χ0) is 23.8. The van der Waals surface area contributed by atoms with Crippen LogP contribution in [0.5, 0.6) is 0 Å². The average molecular weight is 443 g/mol. The Morgan fingerprint density at radius 3 is 2.24 bits per heavy atom. The van der Waals surface area contributed by atoms with E-state index >= 15 is 0 Å². The van der Waals surface area contributed by atoms with Gasteiger partial charge in [-0.1, -0.05) is 72.8 Å².